The smallest absolute Gasteiger partial charge is 0.244 e. The van der Waals surface area contributed by atoms with Crippen LogP contribution < -0.4 is 10.5 Å². The normalized spacial score (nSPS) is 23.9. The Morgan fingerprint density at radius 2 is 2.20 bits per heavy atom. The van der Waals surface area contributed by atoms with Gasteiger partial charge in [-0.3, -0.25) is 5.10 Å². The molecule has 0 bridgehead atoms. The molecular weight excluding hydrogens is 276 g/mol. The van der Waals surface area contributed by atoms with E-state index in [1.165, 1.54) is 6.42 Å². The number of aryl methyl sites for hydroxylation is 1. The fourth-order valence-corrected chi connectivity index (χ4v) is 4.67. The lowest BCUT2D eigenvalue weighted by Crippen LogP contribution is -2.38. The van der Waals surface area contributed by atoms with Crippen molar-refractivity contribution in [3.8, 4) is 0 Å². The number of nitrogens with two attached hydrogens (primary N) is 1. The van der Waals surface area contributed by atoms with E-state index in [1.54, 1.807) is 6.92 Å². The van der Waals surface area contributed by atoms with Gasteiger partial charge >= 0.3 is 0 Å². The molecule has 1 saturated carbocycles. The Labute approximate surface area is 120 Å². The summed E-state index contributed by atoms with van der Waals surface area (Å²) < 4.78 is 27.9. The van der Waals surface area contributed by atoms with Gasteiger partial charge in [0.2, 0.25) is 10.0 Å². The van der Waals surface area contributed by atoms with Crippen LogP contribution in [0.2, 0.25) is 0 Å². The highest BCUT2D eigenvalue weighted by Gasteiger charge is 2.29. The molecule has 0 spiro atoms. The summed E-state index contributed by atoms with van der Waals surface area (Å²) in [7, 11) is -3.55. The van der Waals surface area contributed by atoms with Gasteiger partial charge < -0.3 is 5.73 Å². The average Bonchev–Trinajstić information content (AvgIpc) is 2.80. The third-order valence-corrected chi connectivity index (χ3v) is 5.83. The van der Waals surface area contributed by atoms with E-state index in [2.05, 4.69) is 21.8 Å². The minimum atomic E-state index is -3.55. The lowest BCUT2D eigenvalue weighted by molar-refractivity contribution is 0.301. The van der Waals surface area contributed by atoms with Crippen LogP contribution in [-0.2, 0) is 16.6 Å². The number of nitrogens with zero attached hydrogens (tertiary/aromatic N) is 1. The Balaban J connectivity index is 2.16. The molecule has 1 aliphatic carbocycles. The topological polar surface area (TPSA) is 101 Å². The molecule has 0 aromatic carbocycles. The Morgan fingerprint density at radius 1 is 1.45 bits per heavy atom. The highest BCUT2D eigenvalue weighted by Crippen LogP contribution is 2.28. The van der Waals surface area contributed by atoms with Crippen molar-refractivity contribution in [3.63, 3.8) is 0 Å². The highest BCUT2D eigenvalue weighted by atomic mass is 32.2. The number of hydrogen-bond acceptors (Lipinski definition) is 4. The van der Waals surface area contributed by atoms with Crippen molar-refractivity contribution in [1.82, 2.24) is 14.9 Å². The van der Waals surface area contributed by atoms with Gasteiger partial charge in [0.1, 0.15) is 4.90 Å². The molecule has 1 aromatic rings. The van der Waals surface area contributed by atoms with Crippen molar-refractivity contribution < 1.29 is 8.42 Å². The van der Waals surface area contributed by atoms with Crippen LogP contribution in [0.25, 0.3) is 0 Å². The van der Waals surface area contributed by atoms with E-state index >= 15 is 0 Å². The molecule has 1 heterocycles. The molecule has 20 heavy (non-hydrogen) atoms. The molecule has 2 rings (SSSR count). The number of aromatic nitrogens is 2. The summed E-state index contributed by atoms with van der Waals surface area (Å²) in [6.45, 7) is 3.98. The molecule has 6 nitrogen and oxygen atoms in total. The molecule has 0 saturated heterocycles. The van der Waals surface area contributed by atoms with Crippen LogP contribution >= 0.6 is 0 Å². The molecule has 0 radical (unpaired) electrons. The van der Waals surface area contributed by atoms with Gasteiger partial charge in [0.25, 0.3) is 0 Å². The van der Waals surface area contributed by atoms with Gasteiger partial charge in [-0.2, -0.15) is 5.10 Å². The SMILES string of the molecule is CCC1CCCC(NS(=O)(=O)c2c(CN)n[nH]c2C)C1. The van der Waals surface area contributed by atoms with Crippen LogP contribution in [0.1, 0.15) is 50.4 Å². The summed E-state index contributed by atoms with van der Waals surface area (Å²) in [4.78, 5) is 0.221. The lowest BCUT2D eigenvalue weighted by atomic mass is 9.85. The molecule has 2 unspecified atom stereocenters. The van der Waals surface area contributed by atoms with Crippen LogP contribution in [0, 0.1) is 12.8 Å². The quantitative estimate of drug-likeness (QED) is 0.765. The largest absolute Gasteiger partial charge is 0.325 e. The molecular formula is C13H24N4O2S. The first kappa shape index (κ1) is 15.5. The first-order valence-electron chi connectivity index (χ1n) is 7.24. The van der Waals surface area contributed by atoms with Crippen molar-refractivity contribution in [2.45, 2.75) is 63.4 Å². The molecule has 1 aromatic heterocycles. The second kappa shape index (κ2) is 6.24. The standard InChI is InChI=1S/C13H24N4O2S/c1-3-10-5-4-6-11(7-10)17-20(18,19)13-9(2)15-16-12(13)8-14/h10-11,17H,3-8,14H2,1-2H3,(H,15,16). The number of rotatable bonds is 5. The third kappa shape index (κ3) is 3.21. The van der Waals surface area contributed by atoms with Crippen LogP contribution in [0.15, 0.2) is 4.90 Å². The van der Waals surface area contributed by atoms with Crippen molar-refractivity contribution in [2.24, 2.45) is 11.7 Å². The van der Waals surface area contributed by atoms with Gasteiger partial charge in [-0.25, -0.2) is 13.1 Å². The Kier molecular flexibility index (Phi) is 4.82. The van der Waals surface area contributed by atoms with E-state index in [1.807, 2.05) is 0 Å². The minimum absolute atomic E-state index is 0.0265. The van der Waals surface area contributed by atoms with Crippen LogP contribution in [0.4, 0.5) is 0 Å². The van der Waals surface area contributed by atoms with Crippen molar-refractivity contribution in [3.05, 3.63) is 11.4 Å². The molecule has 0 aliphatic heterocycles. The number of nitrogens with one attached hydrogen (secondary N) is 2. The van der Waals surface area contributed by atoms with Crippen LogP contribution in [0.3, 0.4) is 0 Å². The van der Waals surface area contributed by atoms with Gasteiger partial charge in [0.15, 0.2) is 0 Å². The summed E-state index contributed by atoms with van der Waals surface area (Å²) in [5.41, 5.74) is 6.51. The first-order chi connectivity index (χ1) is 9.47. The Morgan fingerprint density at radius 3 is 2.85 bits per heavy atom. The van der Waals surface area contributed by atoms with Gasteiger partial charge in [-0.05, 0) is 25.7 Å². The monoisotopic (exact) mass is 300 g/mol. The molecule has 7 heteroatoms. The number of H-pyrrole nitrogens is 1. The summed E-state index contributed by atoms with van der Waals surface area (Å²) in [6, 6.07) is 0.0265. The molecule has 0 amide bonds. The van der Waals surface area contributed by atoms with Gasteiger partial charge in [-0.15, -0.1) is 0 Å². The summed E-state index contributed by atoms with van der Waals surface area (Å²) >= 11 is 0. The predicted molar refractivity (Wildman–Crippen MR) is 77.6 cm³/mol. The fourth-order valence-electron chi connectivity index (χ4n) is 3.01. The van der Waals surface area contributed by atoms with E-state index in [0.717, 1.165) is 25.7 Å². The Bertz CT molecular complexity index is 553. The highest BCUT2D eigenvalue weighted by molar-refractivity contribution is 7.89. The summed E-state index contributed by atoms with van der Waals surface area (Å²) in [5, 5.41) is 6.66. The van der Waals surface area contributed by atoms with Crippen molar-refractivity contribution in [1.29, 1.82) is 0 Å². The van der Waals surface area contributed by atoms with Gasteiger partial charge in [0.05, 0.1) is 11.4 Å². The number of sulfonamides is 1. The van der Waals surface area contributed by atoms with E-state index in [9.17, 15) is 8.42 Å². The van der Waals surface area contributed by atoms with E-state index in [4.69, 9.17) is 5.73 Å². The minimum Gasteiger partial charge on any atom is -0.325 e. The number of aromatic amines is 1. The zero-order valence-corrected chi connectivity index (χ0v) is 13.0. The summed E-state index contributed by atoms with van der Waals surface area (Å²) in [6.07, 6.45) is 5.22. The fraction of sp³-hybridized carbons (Fsp3) is 0.769. The van der Waals surface area contributed by atoms with Crippen molar-refractivity contribution >= 4 is 10.0 Å². The average molecular weight is 300 g/mol. The second-order valence-corrected chi connectivity index (χ2v) is 7.24. The summed E-state index contributed by atoms with van der Waals surface area (Å²) in [5.74, 6) is 0.621. The second-order valence-electron chi connectivity index (χ2n) is 5.59. The van der Waals surface area contributed by atoms with E-state index in [-0.39, 0.29) is 17.5 Å². The van der Waals surface area contributed by atoms with Gasteiger partial charge in [0, 0.05) is 12.6 Å². The van der Waals surface area contributed by atoms with Crippen LogP contribution in [-0.4, -0.2) is 24.7 Å². The van der Waals surface area contributed by atoms with Crippen LogP contribution in [0.5, 0.6) is 0 Å². The maximum Gasteiger partial charge on any atom is 0.244 e. The number of hydrogen-bond donors (Lipinski definition) is 3. The zero-order valence-electron chi connectivity index (χ0n) is 12.1. The molecule has 1 aliphatic rings. The van der Waals surface area contributed by atoms with E-state index < -0.39 is 10.0 Å². The maximum absolute atomic E-state index is 12.5. The zero-order chi connectivity index (χ0) is 14.8. The Hall–Kier alpha value is -0.920. The predicted octanol–water partition coefficient (Wildman–Crippen LogP) is 1.42. The van der Waals surface area contributed by atoms with Gasteiger partial charge in [-0.1, -0.05) is 26.2 Å². The third-order valence-electron chi connectivity index (χ3n) is 4.11. The molecule has 114 valence electrons. The van der Waals surface area contributed by atoms with Crippen molar-refractivity contribution in [2.75, 3.05) is 0 Å². The lowest BCUT2D eigenvalue weighted by Gasteiger charge is -2.28. The van der Waals surface area contributed by atoms with E-state index in [0.29, 0.717) is 17.3 Å². The maximum atomic E-state index is 12.5. The molecule has 4 N–H and O–H groups in total. The molecule has 1 fully saturated rings. The first-order valence-corrected chi connectivity index (χ1v) is 8.72. The molecule has 2 atom stereocenters.